The van der Waals surface area contributed by atoms with Gasteiger partial charge in [0, 0.05) is 14.2 Å². The molecule has 2 unspecified atom stereocenters. The van der Waals surface area contributed by atoms with E-state index < -0.39 is 5.92 Å². The van der Waals surface area contributed by atoms with Crippen LogP contribution in [-0.4, -0.2) is 48.7 Å². The van der Waals surface area contributed by atoms with Gasteiger partial charge in [0.2, 0.25) is 5.91 Å². The summed E-state index contributed by atoms with van der Waals surface area (Å²) < 4.78 is 4.94. The molecule has 6 nitrogen and oxygen atoms in total. The monoisotopic (exact) mass is 217 g/mol. The summed E-state index contributed by atoms with van der Waals surface area (Å²) in [7, 11) is 3.23. The van der Waals surface area contributed by atoms with Gasteiger partial charge in [0.15, 0.2) is 5.84 Å². The Bertz CT molecular complexity index is 243. The molecular weight excluding hydrogens is 198 g/mol. The molecule has 0 fully saturated rings. The van der Waals surface area contributed by atoms with Gasteiger partial charge in [-0.2, -0.15) is 0 Å². The van der Waals surface area contributed by atoms with Crippen molar-refractivity contribution in [2.24, 2.45) is 16.8 Å². The van der Waals surface area contributed by atoms with Gasteiger partial charge in [0.05, 0.1) is 18.6 Å². The minimum Gasteiger partial charge on any atom is -0.409 e. The van der Waals surface area contributed by atoms with Gasteiger partial charge in [-0.05, 0) is 13.8 Å². The van der Waals surface area contributed by atoms with Crippen molar-refractivity contribution in [1.82, 2.24) is 4.90 Å². The number of likely N-dealkylation sites (N-methyl/N-ethyl adjacent to an activating group) is 1. The summed E-state index contributed by atoms with van der Waals surface area (Å²) >= 11 is 0. The van der Waals surface area contributed by atoms with Crippen LogP contribution in [0.2, 0.25) is 0 Å². The third-order valence-electron chi connectivity index (χ3n) is 2.35. The van der Waals surface area contributed by atoms with Gasteiger partial charge < -0.3 is 20.6 Å². The lowest BCUT2D eigenvalue weighted by atomic mass is 10.1. The number of amidine groups is 1. The average Bonchev–Trinajstić information content (AvgIpc) is 2.25. The summed E-state index contributed by atoms with van der Waals surface area (Å²) in [4.78, 5) is 13.3. The van der Waals surface area contributed by atoms with Gasteiger partial charge in [0.1, 0.15) is 0 Å². The highest BCUT2D eigenvalue weighted by atomic mass is 16.5. The maximum absolute atomic E-state index is 11.8. The lowest BCUT2D eigenvalue weighted by molar-refractivity contribution is -0.134. The van der Waals surface area contributed by atoms with Gasteiger partial charge in [-0.3, -0.25) is 4.79 Å². The molecule has 0 saturated heterocycles. The van der Waals surface area contributed by atoms with Gasteiger partial charge in [-0.25, -0.2) is 0 Å². The molecule has 15 heavy (non-hydrogen) atoms. The zero-order chi connectivity index (χ0) is 12.0. The smallest absolute Gasteiger partial charge is 0.233 e. The molecule has 0 aliphatic carbocycles. The molecule has 0 bridgehead atoms. The van der Waals surface area contributed by atoms with Crippen molar-refractivity contribution in [2.45, 2.75) is 19.9 Å². The fourth-order valence-electron chi connectivity index (χ4n) is 1.09. The van der Waals surface area contributed by atoms with Crippen LogP contribution in [0.25, 0.3) is 0 Å². The molecule has 3 N–H and O–H groups in total. The normalized spacial score (nSPS) is 15.9. The molecule has 0 aromatic heterocycles. The highest BCUT2D eigenvalue weighted by molar-refractivity contribution is 6.01. The van der Waals surface area contributed by atoms with Crippen LogP contribution in [-0.2, 0) is 9.53 Å². The van der Waals surface area contributed by atoms with E-state index in [0.29, 0.717) is 6.61 Å². The van der Waals surface area contributed by atoms with E-state index in [1.54, 1.807) is 21.1 Å². The molecule has 0 aliphatic rings. The lowest BCUT2D eigenvalue weighted by Gasteiger charge is -2.26. The van der Waals surface area contributed by atoms with E-state index in [1.165, 1.54) is 4.90 Å². The number of ether oxygens (including phenoxy) is 1. The second-order valence-corrected chi connectivity index (χ2v) is 3.50. The van der Waals surface area contributed by atoms with E-state index in [0.717, 1.165) is 0 Å². The molecule has 0 saturated carbocycles. The highest BCUT2D eigenvalue weighted by Gasteiger charge is 2.24. The van der Waals surface area contributed by atoms with E-state index in [1.807, 2.05) is 6.92 Å². The number of hydrogen-bond donors (Lipinski definition) is 2. The van der Waals surface area contributed by atoms with Crippen LogP contribution in [0.3, 0.4) is 0 Å². The number of amides is 1. The van der Waals surface area contributed by atoms with Crippen molar-refractivity contribution in [1.29, 1.82) is 0 Å². The van der Waals surface area contributed by atoms with Crippen LogP contribution in [0.1, 0.15) is 13.8 Å². The van der Waals surface area contributed by atoms with Crippen molar-refractivity contribution >= 4 is 11.7 Å². The number of nitrogens with zero attached hydrogens (tertiary/aromatic N) is 2. The Morgan fingerprint density at radius 3 is 2.53 bits per heavy atom. The Balaban J connectivity index is 4.43. The van der Waals surface area contributed by atoms with Crippen LogP contribution in [0, 0.1) is 5.92 Å². The van der Waals surface area contributed by atoms with Gasteiger partial charge >= 0.3 is 0 Å². The van der Waals surface area contributed by atoms with Gasteiger partial charge in [-0.1, -0.05) is 5.16 Å². The van der Waals surface area contributed by atoms with E-state index in [-0.39, 0.29) is 17.8 Å². The van der Waals surface area contributed by atoms with Crippen molar-refractivity contribution in [3.05, 3.63) is 0 Å². The molecule has 0 radical (unpaired) electrons. The second kappa shape index (κ2) is 6.23. The maximum Gasteiger partial charge on any atom is 0.233 e. The van der Waals surface area contributed by atoms with Crippen molar-refractivity contribution in [3.63, 3.8) is 0 Å². The predicted molar refractivity (Wildman–Crippen MR) is 56.7 cm³/mol. The summed E-state index contributed by atoms with van der Waals surface area (Å²) in [6, 6.07) is -0.0450. The molecule has 0 aromatic rings. The molecule has 0 aliphatic heterocycles. The van der Waals surface area contributed by atoms with Crippen molar-refractivity contribution in [3.8, 4) is 0 Å². The third-order valence-corrected chi connectivity index (χ3v) is 2.35. The number of methoxy groups -OCH3 is 1. The zero-order valence-electron chi connectivity index (χ0n) is 9.60. The highest BCUT2D eigenvalue weighted by Crippen LogP contribution is 2.05. The predicted octanol–water partition coefficient (Wildman–Crippen LogP) is -0.138. The Labute approximate surface area is 89.7 Å². The fourth-order valence-corrected chi connectivity index (χ4v) is 1.09. The quantitative estimate of drug-likeness (QED) is 0.290. The molecule has 0 aromatic carbocycles. The summed E-state index contributed by atoms with van der Waals surface area (Å²) in [6.07, 6.45) is 0. The topological polar surface area (TPSA) is 88.2 Å². The summed E-state index contributed by atoms with van der Waals surface area (Å²) in [6.45, 7) is 3.90. The van der Waals surface area contributed by atoms with Crippen LogP contribution in [0.4, 0.5) is 0 Å². The minimum atomic E-state index is -0.626. The molecule has 2 atom stereocenters. The fraction of sp³-hybridized carbons (Fsp3) is 0.778. The zero-order valence-corrected chi connectivity index (χ0v) is 9.60. The number of hydrogen-bond acceptors (Lipinski definition) is 4. The number of carbonyl (C=O) groups is 1. The minimum absolute atomic E-state index is 0.0450. The van der Waals surface area contributed by atoms with E-state index >= 15 is 0 Å². The maximum atomic E-state index is 11.8. The number of oxime groups is 1. The number of carbonyl (C=O) groups excluding carboxylic acids is 1. The molecule has 1 amide bonds. The first kappa shape index (κ1) is 13.7. The third kappa shape index (κ3) is 3.75. The molecule has 6 heteroatoms. The SMILES string of the molecule is COCC(C)N(C)C(=O)C(C)C(N)=NO. The largest absolute Gasteiger partial charge is 0.409 e. The number of nitrogens with two attached hydrogens (primary N) is 1. The summed E-state index contributed by atoms with van der Waals surface area (Å²) in [5, 5.41) is 11.3. The van der Waals surface area contributed by atoms with Crippen molar-refractivity contribution in [2.75, 3.05) is 20.8 Å². The van der Waals surface area contributed by atoms with E-state index in [9.17, 15) is 4.79 Å². The first-order valence-electron chi connectivity index (χ1n) is 4.68. The molecule has 0 rings (SSSR count). The average molecular weight is 217 g/mol. The Hall–Kier alpha value is -1.30. The van der Waals surface area contributed by atoms with Crippen LogP contribution in [0.15, 0.2) is 5.16 Å². The standard InChI is InChI=1S/C9H19N3O3/c1-6(5-15-4)12(3)9(13)7(2)8(10)11-14/h6-7,14H,5H2,1-4H3,(H2,10,11). The van der Waals surface area contributed by atoms with Gasteiger partial charge in [-0.15, -0.1) is 0 Å². The molecule has 0 spiro atoms. The van der Waals surface area contributed by atoms with E-state index in [4.69, 9.17) is 15.7 Å². The second-order valence-electron chi connectivity index (χ2n) is 3.50. The molecular formula is C9H19N3O3. The Kier molecular flexibility index (Phi) is 5.69. The summed E-state index contributed by atoms with van der Waals surface area (Å²) in [5.74, 6) is -0.911. The van der Waals surface area contributed by atoms with Crippen molar-refractivity contribution < 1.29 is 14.7 Å². The lowest BCUT2D eigenvalue weighted by Crippen LogP contribution is -2.44. The summed E-state index contributed by atoms with van der Waals surface area (Å²) in [5.41, 5.74) is 5.35. The number of rotatable bonds is 5. The van der Waals surface area contributed by atoms with E-state index in [2.05, 4.69) is 5.16 Å². The van der Waals surface area contributed by atoms with Gasteiger partial charge in [0.25, 0.3) is 0 Å². The first-order valence-corrected chi connectivity index (χ1v) is 4.68. The van der Waals surface area contributed by atoms with Crippen LogP contribution < -0.4 is 5.73 Å². The Morgan fingerprint density at radius 1 is 1.60 bits per heavy atom. The van der Waals surface area contributed by atoms with Crippen LogP contribution in [0.5, 0.6) is 0 Å². The Morgan fingerprint density at radius 2 is 2.13 bits per heavy atom. The molecule has 88 valence electrons. The molecule has 0 heterocycles. The van der Waals surface area contributed by atoms with Crippen LogP contribution >= 0.6 is 0 Å². The first-order chi connectivity index (χ1) is 6.95.